The zero-order valence-corrected chi connectivity index (χ0v) is 17.5. The number of rotatable bonds is 5. The Morgan fingerprint density at radius 2 is 1.59 bits per heavy atom. The first-order valence-electron chi connectivity index (χ1n) is 10.8. The molecule has 7 nitrogen and oxygen atoms in total. The molecule has 1 aromatic heterocycles. The zero-order chi connectivity index (χ0) is 22.1. The van der Waals surface area contributed by atoms with Crippen LogP contribution in [0.1, 0.15) is 53.1 Å². The smallest absolute Gasteiger partial charge is 0.415 e. The van der Waals surface area contributed by atoms with E-state index in [1.54, 1.807) is 0 Å². The highest BCUT2D eigenvalue weighted by Crippen LogP contribution is 2.44. The maximum Gasteiger partial charge on any atom is 0.415 e. The fraction of sp³-hybridized carbons (Fsp3) is 0.280. The van der Waals surface area contributed by atoms with Gasteiger partial charge in [0.2, 0.25) is 0 Å². The van der Waals surface area contributed by atoms with Gasteiger partial charge in [0.15, 0.2) is 5.82 Å². The summed E-state index contributed by atoms with van der Waals surface area (Å²) in [6, 6.07) is 17.5. The number of nitrogens with zero attached hydrogens (tertiary/aromatic N) is 3. The van der Waals surface area contributed by atoms with Crippen LogP contribution in [-0.2, 0) is 4.74 Å². The highest BCUT2D eigenvalue weighted by Gasteiger charge is 2.35. The molecule has 0 radical (unpaired) electrons. The molecule has 0 unspecified atom stereocenters. The lowest BCUT2D eigenvalue weighted by Crippen LogP contribution is -2.41. The third-order valence-corrected chi connectivity index (χ3v) is 6.38. The number of carboxylic acids is 1. The summed E-state index contributed by atoms with van der Waals surface area (Å²) in [5.41, 5.74) is 4.50. The number of fused-ring (bicyclic) bond motifs is 3. The number of anilines is 1. The van der Waals surface area contributed by atoms with Gasteiger partial charge in [0, 0.05) is 12.0 Å². The third kappa shape index (κ3) is 3.49. The van der Waals surface area contributed by atoms with Crippen molar-refractivity contribution in [3.05, 3.63) is 77.5 Å². The largest absolute Gasteiger partial charge is 0.478 e. The Hall–Kier alpha value is -3.74. The molecule has 0 saturated heterocycles. The lowest BCUT2D eigenvalue weighted by molar-refractivity contribution is 0.0697. The van der Waals surface area contributed by atoms with E-state index in [-0.39, 0.29) is 29.9 Å². The number of carbonyl (C=O) groups is 2. The Morgan fingerprint density at radius 1 is 0.969 bits per heavy atom. The molecule has 1 fully saturated rings. The van der Waals surface area contributed by atoms with E-state index in [1.165, 1.54) is 17.2 Å². The summed E-state index contributed by atoms with van der Waals surface area (Å²) in [7, 11) is 0. The van der Waals surface area contributed by atoms with E-state index >= 15 is 0 Å². The van der Waals surface area contributed by atoms with E-state index in [0.29, 0.717) is 0 Å². The molecule has 0 bridgehead atoms. The molecule has 1 saturated carbocycles. The van der Waals surface area contributed by atoms with Crippen LogP contribution in [0.4, 0.5) is 10.6 Å². The average molecular weight is 429 g/mol. The molecule has 0 atom stereocenters. The van der Waals surface area contributed by atoms with Gasteiger partial charge in [-0.3, -0.25) is 4.90 Å². The summed E-state index contributed by atoms with van der Waals surface area (Å²) in [5.74, 6) is -1.17. The molecule has 3 aromatic rings. The van der Waals surface area contributed by atoms with Crippen LogP contribution in [-0.4, -0.2) is 40.0 Å². The van der Waals surface area contributed by atoms with Crippen LogP contribution in [0.5, 0.6) is 0 Å². The average Bonchev–Trinajstić information content (AvgIpc) is 3.45. The van der Waals surface area contributed by atoms with Crippen LogP contribution in [0.3, 0.4) is 0 Å². The summed E-state index contributed by atoms with van der Waals surface area (Å²) in [4.78, 5) is 26.5. The second-order valence-electron chi connectivity index (χ2n) is 8.19. The molecule has 2 aliphatic rings. The van der Waals surface area contributed by atoms with Crippen molar-refractivity contribution in [1.29, 1.82) is 0 Å². The van der Waals surface area contributed by atoms with Crippen molar-refractivity contribution in [2.24, 2.45) is 0 Å². The third-order valence-electron chi connectivity index (χ3n) is 6.38. The molecule has 1 heterocycles. The van der Waals surface area contributed by atoms with Crippen molar-refractivity contribution in [2.75, 3.05) is 11.5 Å². The van der Waals surface area contributed by atoms with Crippen LogP contribution < -0.4 is 4.90 Å². The minimum absolute atomic E-state index is 0.0455. The van der Waals surface area contributed by atoms with Gasteiger partial charge < -0.3 is 9.84 Å². The first-order chi connectivity index (χ1) is 15.6. The van der Waals surface area contributed by atoms with E-state index in [0.717, 1.165) is 47.9 Å². The standard InChI is InChI=1S/C25H23N3O4/c29-24(30)21-13-14-26-27-23(21)28(16-7-1-2-8-16)25(31)32-15-22-19-11-5-3-9-17(19)18-10-4-6-12-20(18)22/h3-6,9-14,16,22H,1-2,7-8,15H2,(H,29,30). The lowest BCUT2D eigenvalue weighted by atomic mass is 9.98. The van der Waals surface area contributed by atoms with E-state index < -0.39 is 12.1 Å². The monoisotopic (exact) mass is 429 g/mol. The fourth-order valence-corrected chi connectivity index (χ4v) is 4.90. The normalized spacial score (nSPS) is 15.2. The second kappa shape index (κ2) is 8.42. The number of ether oxygens (including phenoxy) is 1. The molecule has 162 valence electrons. The SMILES string of the molecule is O=C(O)c1ccnnc1N(C(=O)OCC1c2ccccc2-c2ccccc21)C1CCCC1. The van der Waals surface area contributed by atoms with Crippen LogP contribution in [0.25, 0.3) is 11.1 Å². The van der Waals surface area contributed by atoms with Crippen LogP contribution >= 0.6 is 0 Å². The van der Waals surface area contributed by atoms with Gasteiger partial charge in [-0.2, -0.15) is 5.10 Å². The van der Waals surface area contributed by atoms with Gasteiger partial charge in [-0.15, -0.1) is 5.10 Å². The molecule has 0 spiro atoms. The highest BCUT2D eigenvalue weighted by atomic mass is 16.6. The quantitative estimate of drug-likeness (QED) is 0.622. The van der Waals surface area contributed by atoms with E-state index in [1.807, 2.05) is 24.3 Å². The predicted molar refractivity (Wildman–Crippen MR) is 119 cm³/mol. The van der Waals surface area contributed by atoms with Gasteiger partial charge in [-0.1, -0.05) is 61.4 Å². The first kappa shape index (κ1) is 20.2. The minimum atomic E-state index is -1.15. The minimum Gasteiger partial charge on any atom is -0.478 e. The summed E-state index contributed by atoms with van der Waals surface area (Å²) in [6.07, 6.45) is 4.24. The van der Waals surface area contributed by atoms with Gasteiger partial charge in [-0.25, -0.2) is 9.59 Å². The molecule has 0 aliphatic heterocycles. The lowest BCUT2D eigenvalue weighted by Gasteiger charge is -2.28. The number of aromatic nitrogens is 2. The molecule has 1 amide bonds. The number of hydrogen-bond donors (Lipinski definition) is 1. The molecule has 2 aromatic carbocycles. The number of aromatic carboxylic acids is 1. The fourth-order valence-electron chi connectivity index (χ4n) is 4.90. The first-order valence-corrected chi connectivity index (χ1v) is 10.8. The maximum atomic E-state index is 13.3. The molecule has 2 aliphatic carbocycles. The summed E-state index contributed by atoms with van der Waals surface area (Å²) in [5, 5.41) is 17.5. The van der Waals surface area contributed by atoms with Crippen LogP contribution in [0.2, 0.25) is 0 Å². The molecule has 32 heavy (non-hydrogen) atoms. The number of amides is 1. The van der Waals surface area contributed by atoms with Crippen LogP contribution in [0, 0.1) is 0 Å². The molecule has 7 heteroatoms. The van der Waals surface area contributed by atoms with Crippen molar-refractivity contribution in [3.63, 3.8) is 0 Å². The van der Waals surface area contributed by atoms with Gasteiger partial charge in [-0.05, 0) is 41.2 Å². The molecular formula is C25H23N3O4. The van der Waals surface area contributed by atoms with Gasteiger partial charge in [0.05, 0.1) is 6.20 Å². The van der Waals surface area contributed by atoms with E-state index in [9.17, 15) is 14.7 Å². The number of carbonyl (C=O) groups excluding carboxylic acids is 1. The van der Waals surface area contributed by atoms with Crippen molar-refractivity contribution in [3.8, 4) is 11.1 Å². The maximum absolute atomic E-state index is 13.3. The topological polar surface area (TPSA) is 92.6 Å². The number of carboxylic acid groups (broad SMARTS) is 1. The van der Waals surface area contributed by atoms with E-state index in [2.05, 4.69) is 34.5 Å². The van der Waals surface area contributed by atoms with Gasteiger partial charge in [0.1, 0.15) is 12.2 Å². The summed E-state index contributed by atoms with van der Waals surface area (Å²) >= 11 is 0. The summed E-state index contributed by atoms with van der Waals surface area (Å²) < 4.78 is 5.83. The summed E-state index contributed by atoms with van der Waals surface area (Å²) in [6.45, 7) is 0.165. The Balaban J connectivity index is 1.44. The molecule has 5 rings (SSSR count). The molecular weight excluding hydrogens is 406 g/mol. The van der Waals surface area contributed by atoms with Crippen molar-refractivity contribution in [1.82, 2.24) is 10.2 Å². The van der Waals surface area contributed by atoms with Crippen molar-refractivity contribution < 1.29 is 19.4 Å². The number of benzene rings is 2. The van der Waals surface area contributed by atoms with Crippen LogP contribution in [0.15, 0.2) is 60.8 Å². The van der Waals surface area contributed by atoms with Crippen molar-refractivity contribution >= 4 is 17.9 Å². The zero-order valence-electron chi connectivity index (χ0n) is 17.5. The van der Waals surface area contributed by atoms with E-state index in [4.69, 9.17) is 4.74 Å². The van der Waals surface area contributed by atoms with Gasteiger partial charge in [0.25, 0.3) is 0 Å². The predicted octanol–water partition coefficient (Wildman–Crippen LogP) is 4.87. The Bertz CT molecular complexity index is 1130. The highest BCUT2D eigenvalue weighted by molar-refractivity contribution is 5.98. The van der Waals surface area contributed by atoms with Gasteiger partial charge >= 0.3 is 12.1 Å². The molecule has 1 N–H and O–H groups in total. The van der Waals surface area contributed by atoms with Crippen molar-refractivity contribution in [2.45, 2.75) is 37.6 Å². The Kier molecular flexibility index (Phi) is 5.31. The second-order valence-corrected chi connectivity index (χ2v) is 8.19. The Labute approximate surface area is 185 Å². The number of hydrogen-bond acceptors (Lipinski definition) is 5. The Morgan fingerprint density at radius 3 is 2.22 bits per heavy atom.